The van der Waals surface area contributed by atoms with Crippen molar-refractivity contribution in [3.63, 3.8) is 0 Å². The maximum absolute atomic E-state index is 12.8. The number of nitrogens with zero attached hydrogens (tertiary/aromatic N) is 1. The number of halogens is 4. The van der Waals surface area contributed by atoms with Gasteiger partial charge < -0.3 is 15.1 Å². The van der Waals surface area contributed by atoms with Crippen LogP contribution in [0.1, 0.15) is 11.3 Å². The average molecular weight is 370 g/mol. The molecular weight excluding hydrogens is 359 g/mol. The molecule has 0 fully saturated rings. The van der Waals surface area contributed by atoms with Crippen molar-refractivity contribution in [3.8, 4) is 6.07 Å². The van der Waals surface area contributed by atoms with Crippen LogP contribution in [0.3, 0.4) is 0 Å². The first kappa shape index (κ1) is 18.4. The lowest BCUT2D eigenvalue weighted by Crippen LogP contribution is -2.24. The Morgan fingerprint density at radius 2 is 2.12 bits per heavy atom. The van der Waals surface area contributed by atoms with E-state index in [1.165, 1.54) is 12.3 Å². The van der Waals surface area contributed by atoms with Gasteiger partial charge in [-0.25, -0.2) is 0 Å². The van der Waals surface area contributed by atoms with Gasteiger partial charge in [0.05, 0.1) is 23.4 Å². The van der Waals surface area contributed by atoms with E-state index in [4.69, 9.17) is 21.3 Å². The number of anilines is 1. The normalized spacial score (nSPS) is 11.7. The van der Waals surface area contributed by atoms with Gasteiger partial charge in [-0.1, -0.05) is 11.6 Å². The van der Waals surface area contributed by atoms with Crippen LogP contribution in [0.25, 0.3) is 0 Å². The van der Waals surface area contributed by atoms with E-state index >= 15 is 0 Å². The third-order valence-electron chi connectivity index (χ3n) is 3.02. The van der Waals surface area contributed by atoms with Gasteiger partial charge in [0.2, 0.25) is 0 Å². The molecular formula is C16H11ClF3N3O2. The maximum Gasteiger partial charge on any atom is 0.417 e. The Bertz CT molecular complexity index is 824. The van der Waals surface area contributed by atoms with Crippen LogP contribution >= 0.6 is 11.6 Å². The molecule has 0 bridgehead atoms. The first-order chi connectivity index (χ1) is 11.8. The summed E-state index contributed by atoms with van der Waals surface area (Å²) in [5.74, 6) is -0.206. The van der Waals surface area contributed by atoms with Gasteiger partial charge in [-0.2, -0.15) is 18.4 Å². The topological polar surface area (TPSA) is 78.1 Å². The molecule has 0 radical (unpaired) electrons. The molecule has 9 heteroatoms. The number of benzene rings is 1. The monoisotopic (exact) mass is 369 g/mol. The Morgan fingerprint density at radius 1 is 1.36 bits per heavy atom. The van der Waals surface area contributed by atoms with E-state index in [2.05, 4.69) is 10.6 Å². The smallest absolute Gasteiger partial charge is 0.417 e. The highest BCUT2D eigenvalue weighted by Crippen LogP contribution is 2.36. The van der Waals surface area contributed by atoms with Gasteiger partial charge >= 0.3 is 6.18 Å². The number of hydrogen-bond donors (Lipinski definition) is 2. The number of rotatable bonds is 5. The highest BCUT2D eigenvalue weighted by molar-refractivity contribution is 6.31. The fourth-order valence-corrected chi connectivity index (χ4v) is 2.04. The second-order valence-corrected chi connectivity index (χ2v) is 5.18. The van der Waals surface area contributed by atoms with Crippen LogP contribution in [-0.2, 0) is 17.5 Å². The average Bonchev–Trinajstić information content (AvgIpc) is 3.07. The molecule has 0 aliphatic rings. The van der Waals surface area contributed by atoms with Crippen LogP contribution < -0.4 is 10.6 Å². The van der Waals surface area contributed by atoms with Crippen molar-refractivity contribution < 1.29 is 22.4 Å². The number of amides is 1. The Labute approximate surface area is 145 Å². The molecule has 1 aromatic carbocycles. The highest BCUT2D eigenvalue weighted by atomic mass is 35.5. The molecule has 0 aliphatic carbocycles. The van der Waals surface area contributed by atoms with Gasteiger partial charge in [0, 0.05) is 11.9 Å². The van der Waals surface area contributed by atoms with E-state index in [-0.39, 0.29) is 17.8 Å². The molecule has 1 amide bonds. The highest BCUT2D eigenvalue weighted by Gasteiger charge is 2.33. The summed E-state index contributed by atoms with van der Waals surface area (Å²) in [7, 11) is 0. The van der Waals surface area contributed by atoms with Crippen molar-refractivity contribution >= 4 is 23.2 Å². The van der Waals surface area contributed by atoms with E-state index in [1.807, 2.05) is 0 Å². The molecule has 0 unspecified atom stereocenters. The summed E-state index contributed by atoms with van der Waals surface area (Å²) >= 11 is 5.52. The molecule has 0 saturated carbocycles. The van der Waals surface area contributed by atoms with Crippen molar-refractivity contribution in [2.75, 3.05) is 5.32 Å². The van der Waals surface area contributed by atoms with Crippen LogP contribution in [0.4, 0.5) is 18.9 Å². The van der Waals surface area contributed by atoms with Crippen LogP contribution in [0, 0.1) is 11.3 Å². The minimum atomic E-state index is -4.61. The van der Waals surface area contributed by atoms with Crippen molar-refractivity contribution in [2.45, 2.75) is 12.7 Å². The molecule has 0 aliphatic heterocycles. The number of nitriles is 1. The molecule has 2 aromatic rings. The van der Waals surface area contributed by atoms with Gasteiger partial charge in [0.25, 0.3) is 5.91 Å². The molecule has 0 saturated heterocycles. The van der Waals surface area contributed by atoms with Crippen LogP contribution in [-0.4, -0.2) is 5.91 Å². The zero-order chi connectivity index (χ0) is 18.4. The Kier molecular flexibility index (Phi) is 5.72. The van der Waals surface area contributed by atoms with Crippen molar-refractivity contribution in [2.24, 2.45) is 0 Å². The van der Waals surface area contributed by atoms with E-state index in [0.29, 0.717) is 5.76 Å². The van der Waals surface area contributed by atoms with Gasteiger partial charge in [-0.3, -0.25) is 4.79 Å². The summed E-state index contributed by atoms with van der Waals surface area (Å²) in [6.07, 6.45) is -2.17. The molecule has 0 spiro atoms. The molecule has 130 valence electrons. The van der Waals surface area contributed by atoms with Crippen molar-refractivity contribution in [1.82, 2.24) is 5.32 Å². The molecule has 2 N–H and O–H groups in total. The van der Waals surface area contributed by atoms with Gasteiger partial charge in [0.15, 0.2) is 0 Å². The van der Waals surface area contributed by atoms with Crippen LogP contribution in [0.5, 0.6) is 0 Å². The van der Waals surface area contributed by atoms with Crippen molar-refractivity contribution in [3.05, 3.63) is 64.7 Å². The van der Waals surface area contributed by atoms with E-state index in [0.717, 1.165) is 18.3 Å². The Hall–Kier alpha value is -2.92. The second-order valence-electron chi connectivity index (χ2n) is 4.77. The molecule has 25 heavy (non-hydrogen) atoms. The maximum atomic E-state index is 12.8. The fourth-order valence-electron chi connectivity index (χ4n) is 1.81. The number of carbonyl (C=O) groups excluding carboxylic acids is 1. The summed E-state index contributed by atoms with van der Waals surface area (Å²) in [4.78, 5) is 11.9. The lowest BCUT2D eigenvalue weighted by Gasteiger charge is -2.11. The van der Waals surface area contributed by atoms with Crippen LogP contribution in [0.2, 0.25) is 5.02 Å². The van der Waals surface area contributed by atoms with Crippen LogP contribution in [0.15, 0.2) is 52.8 Å². The predicted octanol–water partition coefficient (Wildman–Crippen LogP) is 4.09. The van der Waals surface area contributed by atoms with Gasteiger partial charge in [-0.15, -0.1) is 0 Å². The third kappa shape index (κ3) is 5.02. The molecule has 0 atom stereocenters. The molecule has 5 nitrogen and oxygen atoms in total. The van der Waals surface area contributed by atoms with E-state index in [9.17, 15) is 18.0 Å². The summed E-state index contributed by atoms with van der Waals surface area (Å²) in [5, 5.41) is 13.5. The lowest BCUT2D eigenvalue weighted by molar-refractivity contribution is -0.137. The first-order valence-electron chi connectivity index (χ1n) is 6.85. The number of carbonyl (C=O) groups is 1. The number of hydrogen-bond acceptors (Lipinski definition) is 4. The SMILES string of the molecule is N#C/C(=C/Nc1ccc(Cl)c(C(F)(F)F)c1)C(=O)NCc1ccco1. The minimum Gasteiger partial charge on any atom is -0.467 e. The number of nitrogens with one attached hydrogen (secondary N) is 2. The second kappa shape index (κ2) is 7.77. The lowest BCUT2D eigenvalue weighted by atomic mass is 10.2. The summed E-state index contributed by atoms with van der Waals surface area (Å²) < 4.78 is 43.4. The van der Waals surface area contributed by atoms with Gasteiger partial charge in [-0.05, 0) is 30.3 Å². The summed E-state index contributed by atoms with van der Waals surface area (Å²) in [5.41, 5.74) is -1.30. The number of furan rings is 1. The third-order valence-corrected chi connectivity index (χ3v) is 3.35. The van der Waals surface area contributed by atoms with Gasteiger partial charge in [0.1, 0.15) is 17.4 Å². The van der Waals surface area contributed by atoms with E-state index < -0.39 is 22.7 Å². The predicted molar refractivity (Wildman–Crippen MR) is 84.3 cm³/mol. The minimum absolute atomic E-state index is 0.0308. The standard InChI is InChI=1S/C16H11ClF3N3O2/c17-14-4-3-11(6-13(14)16(18,19)20)22-8-10(7-21)15(24)23-9-12-2-1-5-25-12/h1-6,8,22H,9H2,(H,23,24)/b10-8-. The number of alkyl halides is 3. The Morgan fingerprint density at radius 3 is 2.72 bits per heavy atom. The van der Waals surface area contributed by atoms with Crippen molar-refractivity contribution in [1.29, 1.82) is 5.26 Å². The quantitative estimate of drug-likeness (QED) is 0.614. The summed E-state index contributed by atoms with van der Waals surface area (Å²) in [6, 6.07) is 8.10. The first-order valence-corrected chi connectivity index (χ1v) is 7.23. The Balaban J connectivity index is 2.08. The molecule has 2 rings (SSSR count). The fraction of sp³-hybridized carbons (Fsp3) is 0.125. The van der Waals surface area contributed by atoms with E-state index in [1.54, 1.807) is 18.2 Å². The molecule has 1 aromatic heterocycles. The largest absolute Gasteiger partial charge is 0.467 e. The molecule has 1 heterocycles. The summed E-state index contributed by atoms with van der Waals surface area (Å²) in [6.45, 7) is 0.0734. The zero-order valence-electron chi connectivity index (χ0n) is 12.5. The zero-order valence-corrected chi connectivity index (χ0v) is 13.3.